The molecule has 0 aromatic rings. The Labute approximate surface area is 119 Å². The molecule has 0 unspecified atom stereocenters. The van der Waals surface area contributed by atoms with E-state index in [-0.39, 0.29) is 24.0 Å². The van der Waals surface area contributed by atoms with E-state index in [1.54, 1.807) is 0 Å². The van der Waals surface area contributed by atoms with Crippen LogP contribution in [0.3, 0.4) is 0 Å². The summed E-state index contributed by atoms with van der Waals surface area (Å²) in [6.07, 6.45) is 3.21. The lowest BCUT2D eigenvalue weighted by atomic mass is 9.79. The van der Waals surface area contributed by atoms with E-state index in [2.05, 4.69) is 12.2 Å². The number of hydrogen-bond donors (Lipinski definition) is 2. The molecule has 1 amide bonds. The molecule has 2 N–H and O–H groups in total. The second-order valence-corrected chi connectivity index (χ2v) is 6.01. The van der Waals surface area contributed by atoms with Crippen molar-refractivity contribution in [3.05, 3.63) is 0 Å². The lowest BCUT2D eigenvalue weighted by Crippen LogP contribution is -2.50. The van der Waals surface area contributed by atoms with Gasteiger partial charge in [0.1, 0.15) is 6.61 Å². The summed E-state index contributed by atoms with van der Waals surface area (Å²) >= 11 is 0. The topological polar surface area (TPSA) is 78.9 Å². The summed E-state index contributed by atoms with van der Waals surface area (Å²) in [5.74, 6) is -0.693. The molecule has 114 valence electrons. The molecule has 0 aliphatic carbocycles. The van der Waals surface area contributed by atoms with Crippen molar-refractivity contribution in [3.8, 4) is 0 Å². The van der Waals surface area contributed by atoms with Crippen LogP contribution in [0.5, 0.6) is 0 Å². The van der Waals surface area contributed by atoms with Crippen LogP contribution in [0.2, 0.25) is 0 Å². The Balaban J connectivity index is 1.81. The largest absolute Gasteiger partial charge is 0.480 e. The molecule has 2 aliphatic heterocycles. The summed E-state index contributed by atoms with van der Waals surface area (Å²) in [4.78, 5) is 25.0. The first-order valence-corrected chi connectivity index (χ1v) is 7.35. The summed E-state index contributed by atoms with van der Waals surface area (Å²) in [6, 6.07) is 0. The zero-order valence-electron chi connectivity index (χ0n) is 12.1. The summed E-state index contributed by atoms with van der Waals surface area (Å²) in [6.45, 7) is 4.96. The van der Waals surface area contributed by atoms with Gasteiger partial charge in [-0.3, -0.25) is 4.79 Å². The molecule has 2 fully saturated rings. The predicted octanol–water partition coefficient (Wildman–Crippen LogP) is 0.468. The minimum Gasteiger partial charge on any atom is -0.480 e. The SMILES string of the molecule is CC1(C(=O)N2CCC(OCC(=O)O)CC2)CCNCC1. The average Bonchev–Trinajstić information content (AvgIpc) is 2.45. The van der Waals surface area contributed by atoms with Gasteiger partial charge in [-0.2, -0.15) is 0 Å². The zero-order valence-corrected chi connectivity index (χ0v) is 12.1. The third-order valence-electron chi connectivity index (χ3n) is 4.40. The van der Waals surface area contributed by atoms with Crippen LogP contribution in [0.4, 0.5) is 0 Å². The fourth-order valence-corrected chi connectivity index (χ4v) is 2.99. The fraction of sp³-hybridized carbons (Fsp3) is 0.857. The van der Waals surface area contributed by atoms with Crippen molar-refractivity contribution in [1.29, 1.82) is 0 Å². The molecule has 0 aromatic heterocycles. The van der Waals surface area contributed by atoms with Crippen LogP contribution in [0.15, 0.2) is 0 Å². The van der Waals surface area contributed by atoms with Gasteiger partial charge in [-0.25, -0.2) is 4.79 Å². The first kappa shape index (κ1) is 15.3. The maximum Gasteiger partial charge on any atom is 0.329 e. The van der Waals surface area contributed by atoms with Crippen molar-refractivity contribution in [3.63, 3.8) is 0 Å². The van der Waals surface area contributed by atoms with Gasteiger partial charge in [-0.15, -0.1) is 0 Å². The summed E-state index contributed by atoms with van der Waals surface area (Å²) in [7, 11) is 0. The lowest BCUT2D eigenvalue weighted by molar-refractivity contribution is -0.150. The number of nitrogens with one attached hydrogen (secondary N) is 1. The highest BCUT2D eigenvalue weighted by Gasteiger charge is 2.38. The number of hydrogen-bond acceptors (Lipinski definition) is 4. The number of aliphatic carboxylic acids is 1. The van der Waals surface area contributed by atoms with Crippen molar-refractivity contribution in [2.24, 2.45) is 5.41 Å². The maximum absolute atomic E-state index is 12.6. The molecule has 0 radical (unpaired) electrons. The minimum absolute atomic E-state index is 0.0315. The first-order valence-electron chi connectivity index (χ1n) is 7.35. The van der Waals surface area contributed by atoms with Gasteiger partial charge in [0.05, 0.1) is 6.10 Å². The molecule has 2 heterocycles. The standard InChI is InChI=1S/C14H24N2O4/c1-14(4-6-15-7-5-14)13(19)16-8-2-11(3-9-16)20-10-12(17)18/h11,15H,2-10H2,1H3,(H,17,18). The van der Waals surface area contributed by atoms with Gasteiger partial charge in [0.15, 0.2) is 0 Å². The molecule has 0 bridgehead atoms. The molecule has 6 nitrogen and oxygen atoms in total. The maximum atomic E-state index is 12.6. The van der Waals surface area contributed by atoms with E-state index in [0.29, 0.717) is 13.1 Å². The number of rotatable bonds is 4. The van der Waals surface area contributed by atoms with Crippen LogP contribution >= 0.6 is 0 Å². The molecule has 2 saturated heterocycles. The monoisotopic (exact) mass is 284 g/mol. The van der Waals surface area contributed by atoms with Gasteiger partial charge in [-0.1, -0.05) is 6.92 Å². The number of piperidine rings is 2. The Bertz CT molecular complexity index is 358. The van der Waals surface area contributed by atoms with Gasteiger partial charge < -0.3 is 20.1 Å². The third kappa shape index (κ3) is 3.70. The van der Waals surface area contributed by atoms with E-state index in [1.807, 2.05) is 4.90 Å². The fourth-order valence-electron chi connectivity index (χ4n) is 2.99. The third-order valence-corrected chi connectivity index (χ3v) is 4.40. The number of carboxylic acids is 1. The highest BCUT2D eigenvalue weighted by Crippen LogP contribution is 2.31. The molecular formula is C14H24N2O4. The van der Waals surface area contributed by atoms with Crippen LogP contribution in [-0.4, -0.2) is 60.8 Å². The molecule has 20 heavy (non-hydrogen) atoms. The van der Waals surface area contributed by atoms with Crippen molar-refractivity contribution in [2.45, 2.75) is 38.7 Å². The number of amides is 1. The molecule has 0 atom stereocenters. The Hall–Kier alpha value is -1.14. The van der Waals surface area contributed by atoms with E-state index in [9.17, 15) is 9.59 Å². The van der Waals surface area contributed by atoms with E-state index in [4.69, 9.17) is 9.84 Å². The second kappa shape index (κ2) is 6.54. The number of ether oxygens (including phenoxy) is 1. The predicted molar refractivity (Wildman–Crippen MR) is 73.4 cm³/mol. The van der Waals surface area contributed by atoms with Crippen molar-refractivity contribution in [1.82, 2.24) is 10.2 Å². The van der Waals surface area contributed by atoms with Crippen molar-refractivity contribution in [2.75, 3.05) is 32.8 Å². The number of carbonyl (C=O) groups is 2. The lowest BCUT2D eigenvalue weighted by Gasteiger charge is -2.40. The molecule has 2 rings (SSSR count). The molecule has 6 heteroatoms. The van der Waals surface area contributed by atoms with Crippen LogP contribution in [0, 0.1) is 5.41 Å². The molecule has 0 saturated carbocycles. The smallest absolute Gasteiger partial charge is 0.329 e. The number of carboxylic acid groups (broad SMARTS) is 1. The number of nitrogens with zero attached hydrogens (tertiary/aromatic N) is 1. The molecule has 2 aliphatic rings. The Morgan fingerprint density at radius 1 is 1.30 bits per heavy atom. The van der Waals surface area contributed by atoms with Crippen LogP contribution < -0.4 is 5.32 Å². The van der Waals surface area contributed by atoms with E-state index in [1.165, 1.54) is 0 Å². The van der Waals surface area contributed by atoms with Gasteiger partial charge in [0, 0.05) is 18.5 Å². The van der Waals surface area contributed by atoms with Gasteiger partial charge in [0.2, 0.25) is 5.91 Å². The Morgan fingerprint density at radius 3 is 2.45 bits per heavy atom. The van der Waals surface area contributed by atoms with Crippen molar-refractivity contribution >= 4 is 11.9 Å². The molecular weight excluding hydrogens is 260 g/mol. The van der Waals surface area contributed by atoms with Crippen molar-refractivity contribution < 1.29 is 19.4 Å². The number of likely N-dealkylation sites (tertiary alicyclic amines) is 1. The summed E-state index contributed by atoms with van der Waals surface area (Å²) in [5.41, 5.74) is -0.236. The van der Waals surface area contributed by atoms with Crippen LogP contribution in [0.1, 0.15) is 32.6 Å². The van der Waals surface area contributed by atoms with E-state index in [0.717, 1.165) is 38.8 Å². The zero-order chi connectivity index (χ0) is 14.6. The summed E-state index contributed by atoms with van der Waals surface area (Å²) in [5, 5.41) is 11.9. The van der Waals surface area contributed by atoms with E-state index >= 15 is 0 Å². The Kier molecular flexibility index (Phi) is 4.99. The van der Waals surface area contributed by atoms with Gasteiger partial charge in [0.25, 0.3) is 0 Å². The van der Waals surface area contributed by atoms with Crippen LogP contribution in [0.25, 0.3) is 0 Å². The highest BCUT2D eigenvalue weighted by molar-refractivity contribution is 5.82. The normalized spacial score (nSPS) is 23.6. The minimum atomic E-state index is -0.939. The van der Waals surface area contributed by atoms with Gasteiger partial charge in [-0.05, 0) is 38.8 Å². The first-order chi connectivity index (χ1) is 9.51. The number of carbonyl (C=O) groups excluding carboxylic acids is 1. The average molecular weight is 284 g/mol. The highest BCUT2D eigenvalue weighted by atomic mass is 16.5. The molecule has 0 aromatic carbocycles. The molecule has 0 spiro atoms. The Morgan fingerprint density at radius 2 is 1.90 bits per heavy atom. The second-order valence-electron chi connectivity index (χ2n) is 6.01. The quantitative estimate of drug-likeness (QED) is 0.784. The van der Waals surface area contributed by atoms with Gasteiger partial charge >= 0.3 is 5.97 Å². The van der Waals surface area contributed by atoms with Crippen LogP contribution in [-0.2, 0) is 14.3 Å². The summed E-state index contributed by atoms with van der Waals surface area (Å²) < 4.78 is 5.30. The van der Waals surface area contributed by atoms with E-state index < -0.39 is 5.97 Å².